The number of carboxylic acid groups (broad SMARTS) is 1. The van der Waals surface area contributed by atoms with Crippen LogP contribution in [-0.4, -0.2) is 37.0 Å². The Morgan fingerprint density at radius 2 is 2.00 bits per heavy atom. The Morgan fingerprint density at radius 1 is 1.35 bits per heavy atom. The van der Waals surface area contributed by atoms with E-state index in [-0.39, 0.29) is 16.5 Å². The molecule has 5 nitrogen and oxygen atoms in total. The molecular weight excluding hydrogens is 298 g/mol. The van der Waals surface area contributed by atoms with Crippen molar-refractivity contribution in [2.24, 2.45) is 0 Å². The molecule has 2 rings (SSSR count). The second-order valence-electron chi connectivity index (χ2n) is 4.79. The van der Waals surface area contributed by atoms with E-state index in [4.69, 9.17) is 5.11 Å². The van der Waals surface area contributed by atoms with Crippen molar-refractivity contribution in [2.75, 3.05) is 11.5 Å². The molecule has 0 atom stereocenters. The lowest BCUT2D eigenvalue weighted by atomic mass is 10.1. The number of sulfonamides is 1. The Hall–Kier alpha value is -1.05. The van der Waals surface area contributed by atoms with Crippen molar-refractivity contribution in [1.29, 1.82) is 0 Å². The summed E-state index contributed by atoms with van der Waals surface area (Å²) in [6, 6.07) is 4.13. The zero-order chi connectivity index (χ0) is 14.8. The van der Waals surface area contributed by atoms with Crippen LogP contribution >= 0.6 is 11.8 Å². The molecule has 0 amide bonds. The van der Waals surface area contributed by atoms with Gasteiger partial charge in [0.1, 0.15) is 0 Å². The van der Waals surface area contributed by atoms with E-state index in [0.717, 1.165) is 24.3 Å². The average Bonchev–Trinajstić information content (AvgIpc) is 2.39. The van der Waals surface area contributed by atoms with Crippen LogP contribution in [0, 0.1) is 6.92 Å². The van der Waals surface area contributed by atoms with E-state index in [9.17, 15) is 13.2 Å². The summed E-state index contributed by atoms with van der Waals surface area (Å²) in [4.78, 5) is 11.1. The van der Waals surface area contributed by atoms with E-state index in [0.29, 0.717) is 5.56 Å². The molecule has 0 aliphatic carbocycles. The van der Waals surface area contributed by atoms with E-state index < -0.39 is 16.0 Å². The van der Waals surface area contributed by atoms with E-state index in [2.05, 4.69) is 4.72 Å². The fraction of sp³-hybridized carbons (Fsp3) is 0.462. The monoisotopic (exact) mass is 315 g/mol. The van der Waals surface area contributed by atoms with Crippen molar-refractivity contribution in [1.82, 2.24) is 4.72 Å². The van der Waals surface area contributed by atoms with Crippen molar-refractivity contribution in [3.05, 3.63) is 29.3 Å². The van der Waals surface area contributed by atoms with Gasteiger partial charge in [0.2, 0.25) is 10.0 Å². The van der Waals surface area contributed by atoms with Crippen molar-refractivity contribution in [3.8, 4) is 0 Å². The van der Waals surface area contributed by atoms with Gasteiger partial charge in [-0.3, -0.25) is 0 Å². The van der Waals surface area contributed by atoms with Crippen LogP contribution in [0.25, 0.3) is 0 Å². The van der Waals surface area contributed by atoms with Crippen molar-refractivity contribution < 1.29 is 18.3 Å². The zero-order valence-corrected chi connectivity index (χ0v) is 12.8. The minimum atomic E-state index is -3.66. The maximum Gasteiger partial charge on any atom is 0.335 e. The second-order valence-corrected chi connectivity index (χ2v) is 7.73. The van der Waals surface area contributed by atoms with Gasteiger partial charge < -0.3 is 5.11 Å². The molecule has 0 unspecified atom stereocenters. The molecule has 1 aliphatic heterocycles. The molecule has 2 N–H and O–H groups in total. The minimum Gasteiger partial charge on any atom is -0.478 e. The molecular formula is C13H17NO4S2. The maximum absolute atomic E-state index is 12.3. The molecule has 20 heavy (non-hydrogen) atoms. The van der Waals surface area contributed by atoms with Crippen molar-refractivity contribution in [3.63, 3.8) is 0 Å². The minimum absolute atomic E-state index is 0.0127. The van der Waals surface area contributed by atoms with E-state index in [1.165, 1.54) is 18.2 Å². The first-order valence-corrected chi connectivity index (χ1v) is 8.98. The molecule has 0 bridgehead atoms. The maximum atomic E-state index is 12.3. The first kappa shape index (κ1) is 15.3. The first-order valence-electron chi connectivity index (χ1n) is 6.34. The molecule has 1 aromatic carbocycles. The largest absolute Gasteiger partial charge is 0.478 e. The van der Waals surface area contributed by atoms with Gasteiger partial charge in [0.05, 0.1) is 10.5 Å². The first-order chi connectivity index (χ1) is 9.40. The normalized spacial score (nSPS) is 17.1. The summed E-state index contributed by atoms with van der Waals surface area (Å²) in [5.41, 5.74) is 0.567. The Balaban J connectivity index is 2.24. The summed E-state index contributed by atoms with van der Waals surface area (Å²) >= 11 is 1.82. The van der Waals surface area contributed by atoms with Gasteiger partial charge in [0, 0.05) is 6.04 Å². The van der Waals surface area contributed by atoms with Gasteiger partial charge >= 0.3 is 5.97 Å². The van der Waals surface area contributed by atoms with Gasteiger partial charge in [-0.05, 0) is 49.0 Å². The standard InChI is InChI=1S/C13H17NO4S2/c1-9-2-3-11(8-12(9)13(15)16)20(17,18)14-10-4-6-19-7-5-10/h2-3,8,10,14H,4-7H2,1H3,(H,15,16). The predicted molar refractivity (Wildman–Crippen MR) is 78.8 cm³/mol. The summed E-state index contributed by atoms with van der Waals surface area (Å²) in [5, 5.41) is 9.06. The Kier molecular flexibility index (Phi) is 4.72. The van der Waals surface area contributed by atoms with E-state index >= 15 is 0 Å². The third-order valence-electron chi connectivity index (χ3n) is 3.29. The van der Waals surface area contributed by atoms with Gasteiger partial charge in [0.25, 0.3) is 0 Å². The van der Waals surface area contributed by atoms with Crippen LogP contribution in [0.3, 0.4) is 0 Å². The third-order valence-corrected chi connectivity index (χ3v) is 5.86. The smallest absolute Gasteiger partial charge is 0.335 e. The molecule has 0 saturated carbocycles. The van der Waals surface area contributed by atoms with Gasteiger partial charge in [0.15, 0.2) is 0 Å². The number of benzene rings is 1. The van der Waals surface area contributed by atoms with Crippen molar-refractivity contribution in [2.45, 2.75) is 30.7 Å². The molecule has 1 saturated heterocycles. The highest BCUT2D eigenvalue weighted by Crippen LogP contribution is 2.20. The lowest BCUT2D eigenvalue weighted by Gasteiger charge is -2.22. The van der Waals surface area contributed by atoms with Gasteiger partial charge in [-0.25, -0.2) is 17.9 Å². The third kappa shape index (κ3) is 3.53. The lowest BCUT2D eigenvalue weighted by Crippen LogP contribution is -2.37. The fourth-order valence-electron chi connectivity index (χ4n) is 2.10. The van der Waals surface area contributed by atoms with Crippen LogP contribution in [0.15, 0.2) is 23.1 Å². The van der Waals surface area contributed by atoms with Crippen LogP contribution in [0.4, 0.5) is 0 Å². The van der Waals surface area contributed by atoms with Crippen molar-refractivity contribution >= 4 is 27.8 Å². The summed E-state index contributed by atoms with van der Waals surface area (Å²) in [5.74, 6) is 0.775. The van der Waals surface area contributed by atoms with E-state index in [1.807, 2.05) is 11.8 Å². The summed E-state index contributed by atoms with van der Waals surface area (Å²) in [6.45, 7) is 1.64. The molecule has 0 radical (unpaired) electrons. The van der Waals surface area contributed by atoms with Gasteiger partial charge in [-0.15, -0.1) is 0 Å². The Morgan fingerprint density at radius 3 is 2.60 bits per heavy atom. The highest BCUT2D eigenvalue weighted by Gasteiger charge is 2.23. The van der Waals surface area contributed by atoms with Crippen LogP contribution in [-0.2, 0) is 10.0 Å². The lowest BCUT2D eigenvalue weighted by molar-refractivity contribution is 0.0696. The number of hydrogen-bond donors (Lipinski definition) is 2. The number of carboxylic acids is 1. The molecule has 1 aliphatic rings. The Labute approximate surface area is 122 Å². The van der Waals surface area contributed by atoms with Gasteiger partial charge in [-0.2, -0.15) is 11.8 Å². The number of aryl methyl sites for hydroxylation is 1. The van der Waals surface area contributed by atoms with Gasteiger partial charge in [-0.1, -0.05) is 6.07 Å². The van der Waals surface area contributed by atoms with Crippen LogP contribution in [0.1, 0.15) is 28.8 Å². The topological polar surface area (TPSA) is 83.5 Å². The molecule has 0 aromatic heterocycles. The predicted octanol–water partition coefficient (Wildman–Crippen LogP) is 1.87. The number of carbonyl (C=O) groups is 1. The molecule has 1 fully saturated rings. The van der Waals surface area contributed by atoms with Crippen LogP contribution in [0.5, 0.6) is 0 Å². The van der Waals surface area contributed by atoms with E-state index in [1.54, 1.807) is 6.92 Å². The van der Waals surface area contributed by atoms with Crippen LogP contribution in [0.2, 0.25) is 0 Å². The highest BCUT2D eigenvalue weighted by atomic mass is 32.2. The molecule has 1 aromatic rings. The summed E-state index contributed by atoms with van der Waals surface area (Å²) in [6.07, 6.45) is 1.61. The molecule has 110 valence electrons. The number of thioether (sulfide) groups is 1. The number of aromatic carboxylic acids is 1. The number of rotatable bonds is 4. The fourth-order valence-corrected chi connectivity index (χ4v) is 4.54. The zero-order valence-electron chi connectivity index (χ0n) is 11.1. The second kappa shape index (κ2) is 6.15. The SMILES string of the molecule is Cc1ccc(S(=O)(=O)NC2CCSCC2)cc1C(=O)O. The molecule has 7 heteroatoms. The molecule has 1 heterocycles. The quantitative estimate of drug-likeness (QED) is 0.886. The Bertz CT molecular complexity index is 607. The number of hydrogen-bond acceptors (Lipinski definition) is 4. The highest BCUT2D eigenvalue weighted by molar-refractivity contribution is 7.99. The number of nitrogens with one attached hydrogen (secondary N) is 1. The summed E-state index contributed by atoms with van der Waals surface area (Å²) in [7, 11) is -3.66. The van der Waals surface area contributed by atoms with Crippen LogP contribution < -0.4 is 4.72 Å². The molecule has 0 spiro atoms. The summed E-state index contributed by atoms with van der Waals surface area (Å²) < 4.78 is 27.2. The average molecular weight is 315 g/mol.